The second-order valence-corrected chi connectivity index (χ2v) is 5.08. The second kappa shape index (κ2) is 5.89. The maximum Gasteiger partial charge on any atom is 0.228 e. The van der Waals surface area contributed by atoms with Crippen LogP contribution in [0.15, 0.2) is 55.1 Å². The third-order valence-corrected chi connectivity index (χ3v) is 3.33. The molecule has 2 aromatic heterocycles. The fraction of sp³-hybridized carbons (Fsp3) is 0.0625. The smallest absolute Gasteiger partial charge is 0.228 e. The summed E-state index contributed by atoms with van der Waals surface area (Å²) in [6.07, 6.45) is 7.04. The molecule has 21 heavy (non-hydrogen) atoms. The van der Waals surface area contributed by atoms with E-state index in [9.17, 15) is 4.79 Å². The molecule has 0 spiro atoms. The van der Waals surface area contributed by atoms with Crippen molar-refractivity contribution in [1.29, 1.82) is 0 Å². The lowest BCUT2D eigenvalue weighted by molar-refractivity contribution is -0.115. The molecule has 0 unspecified atom stereocenters. The number of carbonyl (C=O) groups excluding carboxylic acids is 1. The summed E-state index contributed by atoms with van der Waals surface area (Å²) >= 11 is 5.92. The van der Waals surface area contributed by atoms with E-state index in [2.05, 4.69) is 15.3 Å². The molecule has 0 bridgehead atoms. The summed E-state index contributed by atoms with van der Waals surface area (Å²) in [6.45, 7) is 0. The molecule has 1 N–H and O–H groups in total. The Morgan fingerprint density at radius 3 is 2.90 bits per heavy atom. The summed E-state index contributed by atoms with van der Waals surface area (Å²) in [5, 5.41) is 5.29. The van der Waals surface area contributed by atoms with Crippen LogP contribution in [0.25, 0.3) is 10.8 Å². The molecule has 0 radical (unpaired) electrons. The first-order valence-corrected chi connectivity index (χ1v) is 6.82. The zero-order chi connectivity index (χ0) is 14.7. The van der Waals surface area contributed by atoms with Gasteiger partial charge in [0.2, 0.25) is 5.91 Å². The second-order valence-electron chi connectivity index (χ2n) is 4.64. The Bertz CT molecular complexity index is 799. The van der Waals surface area contributed by atoms with E-state index >= 15 is 0 Å². The highest BCUT2D eigenvalue weighted by atomic mass is 35.5. The monoisotopic (exact) mass is 297 g/mol. The maximum absolute atomic E-state index is 12.1. The average molecular weight is 298 g/mol. The van der Waals surface area contributed by atoms with Gasteiger partial charge < -0.3 is 5.32 Å². The molecule has 0 aliphatic heterocycles. The lowest BCUT2D eigenvalue weighted by atomic mass is 10.1. The highest BCUT2D eigenvalue weighted by molar-refractivity contribution is 6.30. The van der Waals surface area contributed by atoms with Crippen molar-refractivity contribution in [2.24, 2.45) is 0 Å². The molecule has 4 nitrogen and oxygen atoms in total. The standard InChI is InChI=1S/C16H12ClN3O/c17-13-3-1-2-11(6-13)7-16(21)20-15-10-19-8-12-4-5-18-9-14(12)15/h1-6,8-10H,7H2,(H,20,21). The van der Waals surface area contributed by atoms with Gasteiger partial charge in [0.05, 0.1) is 18.3 Å². The minimum absolute atomic E-state index is 0.115. The minimum Gasteiger partial charge on any atom is -0.324 e. The molecule has 0 saturated heterocycles. The van der Waals surface area contributed by atoms with Crippen LogP contribution in [0.1, 0.15) is 5.56 Å². The Balaban J connectivity index is 1.80. The normalized spacial score (nSPS) is 10.5. The van der Waals surface area contributed by atoms with Crippen LogP contribution in [-0.4, -0.2) is 15.9 Å². The molecule has 5 heteroatoms. The fourth-order valence-corrected chi connectivity index (χ4v) is 2.34. The summed E-state index contributed by atoms with van der Waals surface area (Å²) < 4.78 is 0. The highest BCUT2D eigenvalue weighted by Gasteiger charge is 2.07. The van der Waals surface area contributed by atoms with Crippen molar-refractivity contribution in [2.75, 3.05) is 5.32 Å². The van der Waals surface area contributed by atoms with Gasteiger partial charge in [-0.1, -0.05) is 23.7 Å². The molecule has 0 saturated carbocycles. The van der Waals surface area contributed by atoms with Crippen molar-refractivity contribution in [2.45, 2.75) is 6.42 Å². The molecule has 1 amide bonds. The van der Waals surface area contributed by atoms with Gasteiger partial charge in [-0.3, -0.25) is 14.8 Å². The van der Waals surface area contributed by atoms with E-state index in [1.807, 2.05) is 18.2 Å². The van der Waals surface area contributed by atoms with Crippen molar-refractivity contribution in [3.63, 3.8) is 0 Å². The predicted octanol–water partition coefficient (Wildman–Crippen LogP) is 3.46. The van der Waals surface area contributed by atoms with Gasteiger partial charge in [0, 0.05) is 34.4 Å². The Morgan fingerprint density at radius 2 is 2.05 bits per heavy atom. The topological polar surface area (TPSA) is 54.9 Å². The first kappa shape index (κ1) is 13.5. The summed E-state index contributed by atoms with van der Waals surface area (Å²) in [7, 11) is 0. The van der Waals surface area contributed by atoms with Gasteiger partial charge in [0.15, 0.2) is 0 Å². The Labute approximate surface area is 126 Å². The first-order chi connectivity index (χ1) is 10.2. The molecule has 0 aliphatic rings. The number of benzene rings is 1. The number of halogens is 1. The zero-order valence-corrected chi connectivity index (χ0v) is 11.8. The molecule has 2 heterocycles. The highest BCUT2D eigenvalue weighted by Crippen LogP contribution is 2.21. The number of fused-ring (bicyclic) bond motifs is 1. The van der Waals surface area contributed by atoms with Crippen molar-refractivity contribution < 1.29 is 4.79 Å². The number of hydrogen-bond donors (Lipinski definition) is 1. The Hall–Kier alpha value is -2.46. The fourth-order valence-electron chi connectivity index (χ4n) is 2.13. The van der Waals surface area contributed by atoms with Gasteiger partial charge >= 0.3 is 0 Å². The SMILES string of the molecule is O=C(Cc1cccc(Cl)c1)Nc1cncc2ccncc12. The van der Waals surface area contributed by atoms with E-state index in [0.717, 1.165) is 16.3 Å². The van der Waals surface area contributed by atoms with Gasteiger partial charge in [-0.05, 0) is 23.8 Å². The van der Waals surface area contributed by atoms with Crippen LogP contribution in [0.5, 0.6) is 0 Å². The third kappa shape index (κ3) is 3.17. The van der Waals surface area contributed by atoms with E-state index in [1.54, 1.807) is 36.9 Å². The average Bonchev–Trinajstić information content (AvgIpc) is 2.47. The van der Waals surface area contributed by atoms with Gasteiger partial charge in [0.1, 0.15) is 0 Å². The number of hydrogen-bond acceptors (Lipinski definition) is 3. The van der Waals surface area contributed by atoms with Crippen molar-refractivity contribution in [1.82, 2.24) is 9.97 Å². The van der Waals surface area contributed by atoms with Crippen LogP contribution >= 0.6 is 11.6 Å². The van der Waals surface area contributed by atoms with E-state index in [-0.39, 0.29) is 12.3 Å². The van der Waals surface area contributed by atoms with Crippen LogP contribution in [0.4, 0.5) is 5.69 Å². The first-order valence-electron chi connectivity index (χ1n) is 6.44. The van der Waals surface area contributed by atoms with Crippen molar-refractivity contribution in [3.05, 3.63) is 65.7 Å². The third-order valence-electron chi connectivity index (χ3n) is 3.09. The number of amides is 1. The largest absolute Gasteiger partial charge is 0.324 e. The lowest BCUT2D eigenvalue weighted by Gasteiger charge is -2.08. The van der Waals surface area contributed by atoms with Crippen LogP contribution in [0.3, 0.4) is 0 Å². The number of anilines is 1. The summed E-state index contributed by atoms with van der Waals surface area (Å²) in [5.41, 5.74) is 1.53. The summed E-state index contributed by atoms with van der Waals surface area (Å²) in [4.78, 5) is 20.3. The molecule has 3 aromatic rings. The van der Waals surface area contributed by atoms with Crippen LogP contribution in [0.2, 0.25) is 5.02 Å². The molecule has 104 valence electrons. The molecule has 0 aliphatic carbocycles. The molecular formula is C16H12ClN3O. The van der Waals surface area contributed by atoms with Gasteiger partial charge in [-0.2, -0.15) is 0 Å². The Kier molecular flexibility index (Phi) is 3.79. The van der Waals surface area contributed by atoms with Crippen molar-refractivity contribution in [3.8, 4) is 0 Å². The van der Waals surface area contributed by atoms with Crippen LogP contribution < -0.4 is 5.32 Å². The summed E-state index contributed by atoms with van der Waals surface area (Å²) in [6, 6.07) is 9.12. The van der Waals surface area contributed by atoms with E-state index < -0.39 is 0 Å². The van der Waals surface area contributed by atoms with Gasteiger partial charge in [0.25, 0.3) is 0 Å². The lowest BCUT2D eigenvalue weighted by Crippen LogP contribution is -2.14. The maximum atomic E-state index is 12.1. The minimum atomic E-state index is -0.115. The van der Waals surface area contributed by atoms with Crippen molar-refractivity contribution >= 4 is 34.0 Å². The molecule has 0 fully saturated rings. The van der Waals surface area contributed by atoms with Crippen LogP contribution in [0, 0.1) is 0 Å². The van der Waals surface area contributed by atoms with Gasteiger partial charge in [-0.15, -0.1) is 0 Å². The molecular weight excluding hydrogens is 286 g/mol. The van der Waals surface area contributed by atoms with E-state index in [1.165, 1.54) is 0 Å². The predicted molar refractivity (Wildman–Crippen MR) is 83.3 cm³/mol. The number of rotatable bonds is 3. The number of aromatic nitrogens is 2. The van der Waals surface area contributed by atoms with Gasteiger partial charge in [-0.25, -0.2) is 0 Å². The molecule has 1 aromatic carbocycles. The Morgan fingerprint density at radius 1 is 1.14 bits per heavy atom. The van der Waals surface area contributed by atoms with E-state index in [0.29, 0.717) is 10.7 Å². The van der Waals surface area contributed by atoms with E-state index in [4.69, 9.17) is 11.6 Å². The quantitative estimate of drug-likeness (QED) is 0.805. The zero-order valence-electron chi connectivity index (χ0n) is 11.1. The molecule has 0 atom stereocenters. The van der Waals surface area contributed by atoms with Crippen LogP contribution in [-0.2, 0) is 11.2 Å². The molecule has 3 rings (SSSR count). The summed E-state index contributed by atoms with van der Waals surface area (Å²) in [5.74, 6) is -0.115. The number of nitrogens with zero attached hydrogens (tertiary/aromatic N) is 2. The number of pyridine rings is 2. The number of carbonyl (C=O) groups is 1. The number of nitrogens with one attached hydrogen (secondary N) is 1.